The first-order valence-corrected chi connectivity index (χ1v) is 7.53. The fraction of sp³-hybridized carbons (Fsp3) is 0.688. The van der Waals surface area contributed by atoms with E-state index in [1.54, 1.807) is 0 Å². The van der Waals surface area contributed by atoms with Crippen molar-refractivity contribution in [2.24, 2.45) is 5.41 Å². The molecule has 1 aliphatic heterocycles. The highest BCUT2D eigenvalue weighted by Crippen LogP contribution is 2.37. The molecular formula is C16H27N3. The number of rotatable bonds is 6. The lowest BCUT2D eigenvalue weighted by molar-refractivity contribution is 0.235. The molecule has 0 radical (unpaired) electrons. The van der Waals surface area contributed by atoms with Crippen molar-refractivity contribution in [3.05, 3.63) is 29.6 Å². The molecule has 0 amide bonds. The highest BCUT2D eigenvalue weighted by molar-refractivity contribution is 5.11. The maximum absolute atomic E-state index is 4.72. The van der Waals surface area contributed by atoms with E-state index in [1.165, 1.54) is 38.0 Å². The number of hydrogen-bond acceptors (Lipinski definition) is 3. The molecule has 1 fully saturated rings. The van der Waals surface area contributed by atoms with Crippen LogP contribution < -0.4 is 5.32 Å². The molecule has 0 aliphatic carbocycles. The van der Waals surface area contributed by atoms with Crippen molar-refractivity contribution in [2.45, 2.75) is 46.2 Å². The summed E-state index contributed by atoms with van der Waals surface area (Å²) in [6.45, 7) is 8.97. The molecular weight excluding hydrogens is 234 g/mol. The Bertz CT molecular complexity index is 399. The van der Waals surface area contributed by atoms with E-state index < -0.39 is 0 Å². The molecule has 3 nitrogen and oxygen atoms in total. The van der Waals surface area contributed by atoms with Crippen molar-refractivity contribution in [2.75, 3.05) is 20.1 Å². The number of hydrogen-bond donors (Lipinski definition) is 1. The predicted octanol–water partition coefficient (Wildman–Crippen LogP) is 2.81. The van der Waals surface area contributed by atoms with Gasteiger partial charge in [-0.05, 0) is 50.4 Å². The maximum atomic E-state index is 4.72. The first-order chi connectivity index (χ1) is 9.21. The van der Waals surface area contributed by atoms with Crippen LogP contribution in [0.5, 0.6) is 0 Å². The van der Waals surface area contributed by atoms with Gasteiger partial charge in [0.05, 0.1) is 11.4 Å². The van der Waals surface area contributed by atoms with Crippen LogP contribution in [0.15, 0.2) is 18.2 Å². The Hall–Kier alpha value is -0.930. The molecule has 1 aromatic heterocycles. The van der Waals surface area contributed by atoms with Crippen molar-refractivity contribution in [1.29, 1.82) is 0 Å². The molecule has 19 heavy (non-hydrogen) atoms. The second-order valence-corrected chi connectivity index (χ2v) is 5.82. The SMILES string of the molecule is CCC1(CC)CCN(Cc2cccc(CNC)n2)C1. The Labute approximate surface area is 117 Å². The standard InChI is InChI=1S/C16H27N3/c1-4-16(5-2)9-10-19(13-16)12-15-8-6-7-14(18-15)11-17-3/h6-8,17H,4-5,9-13H2,1-3H3. The van der Waals surface area contributed by atoms with Gasteiger partial charge in [0.25, 0.3) is 0 Å². The van der Waals surface area contributed by atoms with Crippen LogP contribution in [-0.4, -0.2) is 30.0 Å². The van der Waals surface area contributed by atoms with Crippen LogP contribution in [-0.2, 0) is 13.1 Å². The van der Waals surface area contributed by atoms with Gasteiger partial charge >= 0.3 is 0 Å². The molecule has 0 unspecified atom stereocenters. The second kappa shape index (κ2) is 6.49. The molecule has 1 saturated heterocycles. The first kappa shape index (κ1) is 14.5. The van der Waals surface area contributed by atoms with Crippen LogP contribution in [0.1, 0.15) is 44.5 Å². The minimum atomic E-state index is 0.558. The maximum Gasteiger partial charge on any atom is 0.0547 e. The summed E-state index contributed by atoms with van der Waals surface area (Å²) < 4.78 is 0. The Morgan fingerprint density at radius 2 is 2.00 bits per heavy atom. The van der Waals surface area contributed by atoms with E-state index >= 15 is 0 Å². The van der Waals surface area contributed by atoms with E-state index in [1.807, 2.05) is 7.05 Å². The van der Waals surface area contributed by atoms with Gasteiger partial charge in [-0.3, -0.25) is 9.88 Å². The Kier molecular flexibility index (Phi) is 4.94. The van der Waals surface area contributed by atoms with Gasteiger partial charge < -0.3 is 5.32 Å². The Morgan fingerprint density at radius 1 is 1.26 bits per heavy atom. The number of nitrogens with one attached hydrogen (secondary N) is 1. The summed E-state index contributed by atoms with van der Waals surface area (Å²) in [6.07, 6.45) is 3.94. The summed E-state index contributed by atoms with van der Waals surface area (Å²) in [7, 11) is 1.96. The van der Waals surface area contributed by atoms with Gasteiger partial charge in [-0.2, -0.15) is 0 Å². The fourth-order valence-corrected chi connectivity index (χ4v) is 3.12. The van der Waals surface area contributed by atoms with Gasteiger partial charge in [0.1, 0.15) is 0 Å². The van der Waals surface area contributed by atoms with Gasteiger partial charge in [-0.25, -0.2) is 0 Å². The highest BCUT2D eigenvalue weighted by Gasteiger charge is 2.34. The van der Waals surface area contributed by atoms with Crippen LogP contribution in [0, 0.1) is 5.41 Å². The molecule has 0 atom stereocenters. The van der Waals surface area contributed by atoms with E-state index in [-0.39, 0.29) is 0 Å². The second-order valence-electron chi connectivity index (χ2n) is 5.82. The van der Waals surface area contributed by atoms with Crippen molar-refractivity contribution in [3.8, 4) is 0 Å². The third kappa shape index (κ3) is 3.54. The van der Waals surface area contributed by atoms with Gasteiger partial charge in [0.2, 0.25) is 0 Å². The molecule has 1 aliphatic rings. The van der Waals surface area contributed by atoms with Crippen LogP contribution >= 0.6 is 0 Å². The third-order valence-electron chi connectivity index (χ3n) is 4.63. The number of likely N-dealkylation sites (tertiary alicyclic amines) is 1. The summed E-state index contributed by atoms with van der Waals surface area (Å²) in [4.78, 5) is 7.29. The van der Waals surface area contributed by atoms with E-state index in [4.69, 9.17) is 4.98 Å². The molecule has 3 heteroatoms. The molecule has 2 rings (SSSR count). The van der Waals surface area contributed by atoms with Crippen LogP contribution in [0.3, 0.4) is 0 Å². The predicted molar refractivity (Wildman–Crippen MR) is 79.9 cm³/mol. The molecule has 1 aromatic rings. The molecule has 1 N–H and O–H groups in total. The minimum Gasteiger partial charge on any atom is -0.314 e. The fourth-order valence-electron chi connectivity index (χ4n) is 3.12. The average molecular weight is 261 g/mol. The highest BCUT2D eigenvalue weighted by atomic mass is 15.2. The summed E-state index contributed by atoms with van der Waals surface area (Å²) >= 11 is 0. The van der Waals surface area contributed by atoms with Crippen LogP contribution in [0.25, 0.3) is 0 Å². The lowest BCUT2D eigenvalue weighted by Crippen LogP contribution is -2.26. The van der Waals surface area contributed by atoms with Crippen molar-refractivity contribution >= 4 is 0 Å². The van der Waals surface area contributed by atoms with E-state index in [9.17, 15) is 0 Å². The molecule has 0 bridgehead atoms. The Balaban J connectivity index is 1.97. The zero-order chi connectivity index (χ0) is 13.7. The molecule has 106 valence electrons. The normalized spacial score (nSPS) is 18.9. The van der Waals surface area contributed by atoms with Gasteiger partial charge in [-0.1, -0.05) is 19.9 Å². The summed E-state index contributed by atoms with van der Waals surface area (Å²) in [6, 6.07) is 6.36. The lowest BCUT2D eigenvalue weighted by Gasteiger charge is -2.26. The monoisotopic (exact) mass is 261 g/mol. The number of pyridine rings is 1. The number of nitrogens with zero attached hydrogens (tertiary/aromatic N) is 2. The minimum absolute atomic E-state index is 0.558. The summed E-state index contributed by atoms with van der Waals surface area (Å²) in [5.74, 6) is 0. The van der Waals surface area contributed by atoms with Crippen molar-refractivity contribution in [3.63, 3.8) is 0 Å². The zero-order valence-corrected chi connectivity index (χ0v) is 12.6. The molecule has 0 aromatic carbocycles. The largest absolute Gasteiger partial charge is 0.314 e. The van der Waals surface area contributed by atoms with Gasteiger partial charge in [-0.15, -0.1) is 0 Å². The number of aromatic nitrogens is 1. The summed E-state index contributed by atoms with van der Waals surface area (Å²) in [5, 5.41) is 3.16. The lowest BCUT2D eigenvalue weighted by atomic mass is 9.82. The molecule has 0 saturated carbocycles. The molecule has 0 spiro atoms. The third-order valence-corrected chi connectivity index (χ3v) is 4.63. The van der Waals surface area contributed by atoms with Crippen LogP contribution in [0.2, 0.25) is 0 Å². The van der Waals surface area contributed by atoms with Crippen molar-refractivity contribution < 1.29 is 0 Å². The summed E-state index contributed by atoms with van der Waals surface area (Å²) in [5.41, 5.74) is 2.90. The first-order valence-electron chi connectivity index (χ1n) is 7.53. The van der Waals surface area contributed by atoms with Crippen LogP contribution in [0.4, 0.5) is 0 Å². The smallest absolute Gasteiger partial charge is 0.0547 e. The van der Waals surface area contributed by atoms with E-state index in [0.29, 0.717) is 5.41 Å². The quantitative estimate of drug-likeness (QED) is 0.853. The van der Waals surface area contributed by atoms with Gasteiger partial charge in [0, 0.05) is 19.6 Å². The Morgan fingerprint density at radius 3 is 2.63 bits per heavy atom. The van der Waals surface area contributed by atoms with E-state index in [0.717, 1.165) is 18.8 Å². The van der Waals surface area contributed by atoms with Gasteiger partial charge in [0.15, 0.2) is 0 Å². The van der Waals surface area contributed by atoms with Crippen molar-refractivity contribution in [1.82, 2.24) is 15.2 Å². The van der Waals surface area contributed by atoms with E-state index in [2.05, 4.69) is 42.3 Å². The zero-order valence-electron chi connectivity index (χ0n) is 12.6. The topological polar surface area (TPSA) is 28.2 Å². The molecule has 2 heterocycles. The average Bonchev–Trinajstić information content (AvgIpc) is 2.84.